The molecule has 1 atom stereocenters. The van der Waals surface area contributed by atoms with E-state index in [0.717, 1.165) is 0 Å². The lowest BCUT2D eigenvalue weighted by atomic mass is 10.0. The van der Waals surface area contributed by atoms with Crippen molar-refractivity contribution in [1.82, 2.24) is 9.21 Å². The third-order valence-electron chi connectivity index (χ3n) is 4.75. The van der Waals surface area contributed by atoms with Gasteiger partial charge in [0.25, 0.3) is 0 Å². The van der Waals surface area contributed by atoms with E-state index in [4.69, 9.17) is 14.7 Å². The van der Waals surface area contributed by atoms with E-state index in [0.29, 0.717) is 70.3 Å². The molecule has 1 saturated heterocycles. The number of sulfonamides is 1. The maximum absolute atomic E-state index is 12.9. The summed E-state index contributed by atoms with van der Waals surface area (Å²) in [5.41, 5.74) is 0. The highest BCUT2D eigenvalue weighted by Gasteiger charge is 2.30. The number of hydrogen-bond donors (Lipinski definition) is 0. The highest BCUT2D eigenvalue weighted by atomic mass is 32.2. The number of rotatable bonds is 6. The van der Waals surface area contributed by atoms with E-state index in [1.807, 2.05) is 0 Å². The third-order valence-corrected chi connectivity index (χ3v) is 6.64. The van der Waals surface area contributed by atoms with Crippen molar-refractivity contribution in [3.05, 3.63) is 18.2 Å². The summed E-state index contributed by atoms with van der Waals surface area (Å²) < 4.78 is 38.2. The molecule has 2 heterocycles. The first-order chi connectivity index (χ1) is 13.0. The molecule has 2 aliphatic heterocycles. The fraction of sp³-hybridized carbons (Fsp3) is 0.556. The van der Waals surface area contributed by atoms with Gasteiger partial charge in [0.1, 0.15) is 13.2 Å². The van der Waals surface area contributed by atoms with Gasteiger partial charge in [-0.3, -0.25) is 4.90 Å². The number of nitriles is 2. The van der Waals surface area contributed by atoms with Gasteiger partial charge < -0.3 is 9.47 Å². The Morgan fingerprint density at radius 2 is 1.78 bits per heavy atom. The van der Waals surface area contributed by atoms with Crippen molar-refractivity contribution in [2.24, 2.45) is 5.92 Å². The zero-order valence-electron chi connectivity index (χ0n) is 15.0. The van der Waals surface area contributed by atoms with Gasteiger partial charge in [0.15, 0.2) is 11.5 Å². The van der Waals surface area contributed by atoms with Gasteiger partial charge >= 0.3 is 0 Å². The molecule has 0 unspecified atom stereocenters. The second-order valence-electron chi connectivity index (χ2n) is 6.53. The van der Waals surface area contributed by atoms with Crippen LogP contribution in [-0.4, -0.2) is 63.6 Å². The van der Waals surface area contributed by atoms with Crippen LogP contribution >= 0.6 is 0 Å². The smallest absolute Gasteiger partial charge is 0.243 e. The quantitative estimate of drug-likeness (QED) is 0.718. The molecule has 144 valence electrons. The zero-order valence-corrected chi connectivity index (χ0v) is 15.8. The standard InChI is InChI=1S/C18H22N4O4S/c19-5-1-2-15(13-20)14-21-6-8-22(9-7-21)27(23,24)16-3-4-17-18(12-16)26-11-10-25-17/h3-4,12,15H,1-2,6-11,14H2/t15-/m1/s1. The van der Waals surface area contributed by atoms with Gasteiger partial charge in [-0.25, -0.2) is 8.42 Å². The van der Waals surface area contributed by atoms with Gasteiger partial charge in [-0.2, -0.15) is 14.8 Å². The van der Waals surface area contributed by atoms with E-state index in [1.54, 1.807) is 12.1 Å². The molecular formula is C18H22N4O4S. The number of benzene rings is 1. The normalized spacial score (nSPS) is 19.0. The minimum Gasteiger partial charge on any atom is -0.486 e. The molecule has 2 aliphatic rings. The molecule has 0 aromatic heterocycles. The monoisotopic (exact) mass is 390 g/mol. The van der Waals surface area contributed by atoms with Gasteiger partial charge in [0.2, 0.25) is 10.0 Å². The number of piperazine rings is 1. The first-order valence-electron chi connectivity index (χ1n) is 8.93. The summed E-state index contributed by atoms with van der Waals surface area (Å²) in [5.74, 6) is 0.811. The van der Waals surface area contributed by atoms with Gasteiger partial charge in [-0.05, 0) is 18.6 Å². The third kappa shape index (κ3) is 4.51. The Labute approximate surface area is 159 Å². The molecule has 0 amide bonds. The van der Waals surface area contributed by atoms with Crippen molar-refractivity contribution in [3.63, 3.8) is 0 Å². The molecule has 1 aromatic carbocycles. The van der Waals surface area contributed by atoms with E-state index in [-0.39, 0.29) is 10.8 Å². The molecule has 9 heteroatoms. The number of hydrogen-bond acceptors (Lipinski definition) is 7. The minimum absolute atomic E-state index is 0.198. The summed E-state index contributed by atoms with van der Waals surface area (Å²) in [7, 11) is -3.60. The Morgan fingerprint density at radius 3 is 2.44 bits per heavy atom. The Morgan fingerprint density at radius 1 is 1.07 bits per heavy atom. The SMILES string of the molecule is N#CCC[C@H](C#N)CN1CCN(S(=O)(=O)c2ccc3c(c2)OCCO3)CC1. The van der Waals surface area contributed by atoms with E-state index >= 15 is 0 Å². The summed E-state index contributed by atoms with van der Waals surface area (Å²) in [4.78, 5) is 2.28. The van der Waals surface area contributed by atoms with Gasteiger partial charge in [-0.15, -0.1) is 0 Å². The Hall–Kier alpha value is -2.33. The number of fused-ring (bicyclic) bond motifs is 1. The molecular weight excluding hydrogens is 368 g/mol. The fourth-order valence-electron chi connectivity index (χ4n) is 3.23. The molecule has 0 spiro atoms. The van der Waals surface area contributed by atoms with Crippen LogP contribution in [0.2, 0.25) is 0 Å². The first-order valence-corrected chi connectivity index (χ1v) is 10.4. The maximum atomic E-state index is 12.9. The lowest BCUT2D eigenvalue weighted by molar-refractivity contribution is 0.170. The summed E-state index contributed by atoms with van der Waals surface area (Å²) in [6.45, 7) is 3.29. The van der Waals surface area contributed by atoms with Crippen molar-refractivity contribution in [1.29, 1.82) is 10.5 Å². The summed E-state index contributed by atoms with van der Waals surface area (Å²) >= 11 is 0. The second-order valence-corrected chi connectivity index (χ2v) is 8.47. The summed E-state index contributed by atoms with van der Waals surface area (Å²) in [5, 5.41) is 17.9. The average Bonchev–Trinajstić information content (AvgIpc) is 2.71. The van der Waals surface area contributed by atoms with Crippen LogP contribution in [0.3, 0.4) is 0 Å². The highest BCUT2D eigenvalue weighted by molar-refractivity contribution is 7.89. The van der Waals surface area contributed by atoms with Gasteiger partial charge in [0, 0.05) is 45.2 Å². The van der Waals surface area contributed by atoms with Crippen molar-refractivity contribution >= 4 is 10.0 Å². The van der Waals surface area contributed by atoms with E-state index in [1.165, 1.54) is 10.4 Å². The van der Waals surface area contributed by atoms with Crippen LogP contribution in [0.15, 0.2) is 23.1 Å². The molecule has 1 aromatic rings. The predicted molar refractivity (Wildman–Crippen MR) is 96.6 cm³/mol. The molecule has 8 nitrogen and oxygen atoms in total. The topological polar surface area (TPSA) is 107 Å². The second kappa shape index (κ2) is 8.57. The maximum Gasteiger partial charge on any atom is 0.243 e. The van der Waals surface area contributed by atoms with Crippen LogP contribution in [0.4, 0.5) is 0 Å². The van der Waals surface area contributed by atoms with Crippen molar-refractivity contribution in [2.45, 2.75) is 17.7 Å². The summed E-state index contributed by atoms with van der Waals surface area (Å²) in [6.07, 6.45) is 0.902. The minimum atomic E-state index is -3.60. The Kier molecular flexibility index (Phi) is 6.17. The molecule has 0 bridgehead atoms. The van der Waals surface area contributed by atoms with Crippen LogP contribution in [-0.2, 0) is 10.0 Å². The lowest BCUT2D eigenvalue weighted by Crippen LogP contribution is -2.49. The fourth-order valence-corrected chi connectivity index (χ4v) is 4.67. The largest absolute Gasteiger partial charge is 0.486 e. The van der Waals surface area contributed by atoms with Crippen molar-refractivity contribution in [3.8, 4) is 23.6 Å². The predicted octanol–water partition coefficient (Wildman–Crippen LogP) is 1.21. The van der Waals surface area contributed by atoms with Crippen molar-refractivity contribution in [2.75, 3.05) is 45.9 Å². The zero-order chi connectivity index (χ0) is 19.3. The Balaban J connectivity index is 1.62. The van der Waals surface area contributed by atoms with E-state index < -0.39 is 10.0 Å². The molecule has 0 radical (unpaired) electrons. The molecule has 0 aliphatic carbocycles. The Bertz CT molecular complexity index is 851. The molecule has 27 heavy (non-hydrogen) atoms. The van der Waals surface area contributed by atoms with E-state index in [9.17, 15) is 13.7 Å². The van der Waals surface area contributed by atoms with Crippen LogP contribution in [0.25, 0.3) is 0 Å². The number of ether oxygens (including phenoxy) is 2. The molecule has 0 saturated carbocycles. The van der Waals surface area contributed by atoms with Gasteiger partial charge in [-0.1, -0.05) is 0 Å². The van der Waals surface area contributed by atoms with Crippen LogP contribution < -0.4 is 9.47 Å². The number of nitrogens with zero attached hydrogens (tertiary/aromatic N) is 4. The van der Waals surface area contributed by atoms with E-state index in [2.05, 4.69) is 17.0 Å². The summed E-state index contributed by atoms with van der Waals surface area (Å²) in [6, 6.07) is 8.98. The average molecular weight is 390 g/mol. The lowest BCUT2D eigenvalue weighted by Gasteiger charge is -2.34. The van der Waals surface area contributed by atoms with Crippen LogP contribution in [0.5, 0.6) is 11.5 Å². The van der Waals surface area contributed by atoms with Crippen molar-refractivity contribution < 1.29 is 17.9 Å². The highest BCUT2D eigenvalue weighted by Crippen LogP contribution is 2.33. The van der Waals surface area contributed by atoms with Crippen LogP contribution in [0.1, 0.15) is 12.8 Å². The molecule has 0 N–H and O–H groups in total. The first kappa shape index (κ1) is 19.4. The van der Waals surface area contributed by atoms with Gasteiger partial charge in [0.05, 0.1) is 23.0 Å². The molecule has 1 fully saturated rings. The van der Waals surface area contributed by atoms with Crippen LogP contribution in [0, 0.1) is 28.6 Å². The molecule has 3 rings (SSSR count).